The topological polar surface area (TPSA) is 86.6 Å². The van der Waals surface area contributed by atoms with Crippen molar-refractivity contribution in [2.45, 2.75) is 74.8 Å². The quantitative estimate of drug-likeness (QED) is 0.304. The van der Waals surface area contributed by atoms with Gasteiger partial charge in [-0.15, -0.1) is 0 Å². The highest BCUT2D eigenvalue weighted by atomic mass is 19.1. The zero-order chi connectivity index (χ0) is 30.4. The van der Waals surface area contributed by atoms with Gasteiger partial charge >= 0.3 is 6.01 Å². The van der Waals surface area contributed by atoms with Gasteiger partial charge in [-0.2, -0.15) is 9.97 Å². The van der Waals surface area contributed by atoms with Crippen LogP contribution < -0.4 is 15.0 Å². The SMILES string of the molecule is Oc1cc(-c2ncc3c(N4CC5CCC(C4)N5)nc(OC[C@@]45C[C@H](F)CN4[C@@H]4CCC[C@@H]4C5)nc3c2F)c2c(F)cccc2c1. The van der Waals surface area contributed by atoms with E-state index in [4.69, 9.17) is 9.72 Å². The Morgan fingerprint density at radius 3 is 2.71 bits per heavy atom. The fourth-order valence-corrected chi connectivity index (χ4v) is 9.28. The second-order valence-electron chi connectivity index (χ2n) is 13.8. The lowest BCUT2D eigenvalue weighted by molar-refractivity contribution is 0.0832. The number of ether oxygens (including phenoxy) is 1. The summed E-state index contributed by atoms with van der Waals surface area (Å²) in [6.45, 7) is 2.08. The van der Waals surface area contributed by atoms with Gasteiger partial charge in [-0.3, -0.25) is 9.88 Å². The molecule has 9 rings (SSSR count). The molecule has 4 aromatic rings. The summed E-state index contributed by atoms with van der Waals surface area (Å²) in [4.78, 5) is 18.4. The molecule has 0 amide bonds. The van der Waals surface area contributed by atoms with E-state index < -0.39 is 23.3 Å². The van der Waals surface area contributed by atoms with Gasteiger partial charge in [0.25, 0.3) is 0 Å². The fraction of sp³-hybridized carbons (Fsp3) is 0.500. The van der Waals surface area contributed by atoms with Gasteiger partial charge in [-0.25, -0.2) is 13.2 Å². The largest absolute Gasteiger partial charge is 0.508 e. The summed E-state index contributed by atoms with van der Waals surface area (Å²) < 4.78 is 53.0. The van der Waals surface area contributed by atoms with Gasteiger partial charge < -0.3 is 20.1 Å². The molecule has 45 heavy (non-hydrogen) atoms. The van der Waals surface area contributed by atoms with E-state index in [9.17, 15) is 9.50 Å². The molecule has 0 spiro atoms. The Morgan fingerprint density at radius 1 is 1.02 bits per heavy atom. The van der Waals surface area contributed by atoms with Gasteiger partial charge in [0.1, 0.15) is 41.4 Å². The van der Waals surface area contributed by atoms with Gasteiger partial charge in [0, 0.05) is 61.3 Å². The zero-order valence-corrected chi connectivity index (χ0v) is 24.9. The average Bonchev–Trinajstić information content (AvgIpc) is 3.76. The molecule has 8 nitrogen and oxygen atoms in total. The van der Waals surface area contributed by atoms with Crippen molar-refractivity contribution in [3.05, 3.63) is 48.2 Å². The maximum Gasteiger partial charge on any atom is 0.319 e. The number of halogens is 3. The Kier molecular flexibility index (Phi) is 6.23. The Balaban J connectivity index is 1.15. The number of aromatic nitrogens is 3. The number of hydrogen-bond donors (Lipinski definition) is 2. The summed E-state index contributed by atoms with van der Waals surface area (Å²) in [6, 6.07) is 8.33. The van der Waals surface area contributed by atoms with Crippen LogP contribution in [0.2, 0.25) is 0 Å². The molecular weight excluding hydrogens is 581 g/mol. The smallest absolute Gasteiger partial charge is 0.319 e. The summed E-state index contributed by atoms with van der Waals surface area (Å²) in [5.41, 5.74) is -0.376. The molecule has 6 atom stereocenters. The maximum atomic E-state index is 16.7. The van der Waals surface area contributed by atoms with Crippen LogP contribution >= 0.6 is 0 Å². The van der Waals surface area contributed by atoms with Crippen molar-refractivity contribution in [3.8, 4) is 23.0 Å². The number of hydrogen-bond acceptors (Lipinski definition) is 8. The molecule has 4 aliphatic heterocycles. The van der Waals surface area contributed by atoms with Crippen LogP contribution in [0.3, 0.4) is 0 Å². The second-order valence-corrected chi connectivity index (χ2v) is 13.8. The predicted octanol–water partition coefficient (Wildman–Crippen LogP) is 5.50. The first-order chi connectivity index (χ1) is 21.8. The number of fused-ring (bicyclic) bond motifs is 7. The minimum absolute atomic E-state index is 0.0196. The molecule has 234 valence electrons. The minimum Gasteiger partial charge on any atom is -0.508 e. The van der Waals surface area contributed by atoms with Crippen LogP contribution in [-0.2, 0) is 0 Å². The summed E-state index contributed by atoms with van der Waals surface area (Å²) in [6.07, 6.45) is 7.49. The molecule has 2 bridgehead atoms. The lowest BCUT2D eigenvalue weighted by Crippen LogP contribution is -2.51. The first kappa shape index (κ1) is 27.6. The molecule has 2 aromatic heterocycles. The molecule has 2 aromatic carbocycles. The molecule has 6 heterocycles. The Hall–Kier alpha value is -3.70. The van der Waals surface area contributed by atoms with Crippen molar-refractivity contribution >= 4 is 27.5 Å². The first-order valence-electron chi connectivity index (χ1n) is 16.2. The van der Waals surface area contributed by atoms with Gasteiger partial charge in [0.05, 0.1) is 10.9 Å². The molecule has 5 fully saturated rings. The normalized spacial score (nSPS) is 30.8. The van der Waals surface area contributed by atoms with Gasteiger partial charge in [-0.05, 0) is 61.6 Å². The maximum absolute atomic E-state index is 16.7. The molecule has 11 heteroatoms. The molecule has 2 N–H and O–H groups in total. The summed E-state index contributed by atoms with van der Waals surface area (Å²) in [5.74, 6) is -0.310. The van der Waals surface area contributed by atoms with Crippen LogP contribution in [0, 0.1) is 17.6 Å². The van der Waals surface area contributed by atoms with Crippen LogP contribution in [0.1, 0.15) is 44.9 Å². The van der Waals surface area contributed by atoms with E-state index in [1.807, 2.05) is 0 Å². The molecule has 5 aliphatic rings. The van der Waals surface area contributed by atoms with Crippen molar-refractivity contribution in [2.24, 2.45) is 5.92 Å². The third kappa shape index (κ3) is 4.37. The van der Waals surface area contributed by atoms with Crippen molar-refractivity contribution in [1.82, 2.24) is 25.2 Å². The predicted molar refractivity (Wildman–Crippen MR) is 164 cm³/mol. The van der Waals surface area contributed by atoms with Crippen molar-refractivity contribution in [1.29, 1.82) is 0 Å². The Morgan fingerprint density at radius 2 is 1.87 bits per heavy atom. The highest BCUT2D eigenvalue weighted by Crippen LogP contribution is 2.52. The monoisotopic (exact) mass is 616 g/mol. The molecule has 2 unspecified atom stereocenters. The third-order valence-corrected chi connectivity index (χ3v) is 11.1. The van der Waals surface area contributed by atoms with E-state index >= 15 is 8.78 Å². The van der Waals surface area contributed by atoms with Crippen LogP contribution in [0.4, 0.5) is 19.0 Å². The number of anilines is 1. The number of pyridine rings is 1. The van der Waals surface area contributed by atoms with E-state index in [0.717, 1.165) is 32.1 Å². The van der Waals surface area contributed by atoms with Gasteiger partial charge in [0.2, 0.25) is 0 Å². The zero-order valence-electron chi connectivity index (χ0n) is 24.9. The standard InChI is InChI=1S/C34H35F3N6O2/c35-20-12-34(11-19-4-2-6-27(19)43(34)14-20)17-45-33-40-31-25(32(41-33)42-15-21-7-8-22(16-42)39-21)13-38-30(29(31)37)24-10-23(44)9-18-3-1-5-26(36)28(18)24/h1,3,5,9-10,13,19-22,27,39,44H,2,4,6-8,11-12,14-17H2/t19-,20+,21?,22?,27-,34-/m1/s1. The number of rotatable bonds is 5. The lowest BCUT2D eigenvalue weighted by Gasteiger charge is -2.35. The number of alkyl halides is 1. The van der Waals surface area contributed by atoms with Gasteiger partial charge in [0.15, 0.2) is 5.82 Å². The summed E-state index contributed by atoms with van der Waals surface area (Å²) in [5, 5.41) is 15.1. The fourth-order valence-electron chi connectivity index (χ4n) is 9.28. The molecule has 4 saturated heterocycles. The number of aromatic hydroxyl groups is 1. The van der Waals surface area contributed by atoms with Crippen molar-refractivity contribution in [2.75, 3.05) is 31.1 Å². The van der Waals surface area contributed by atoms with Crippen molar-refractivity contribution in [3.63, 3.8) is 0 Å². The van der Waals surface area contributed by atoms with Crippen LogP contribution in [0.15, 0.2) is 36.5 Å². The minimum atomic E-state index is -0.900. The van der Waals surface area contributed by atoms with E-state index in [2.05, 4.69) is 25.1 Å². The number of phenols is 1. The molecular formula is C34H35F3N6O2. The number of phenolic OH excluding ortho intramolecular Hbond substituents is 1. The second kappa shape index (κ2) is 10.2. The Labute approximate surface area is 258 Å². The number of nitrogens with one attached hydrogen (secondary N) is 1. The summed E-state index contributed by atoms with van der Waals surface area (Å²) >= 11 is 0. The van der Waals surface area contributed by atoms with Crippen LogP contribution in [-0.4, -0.2) is 81.0 Å². The summed E-state index contributed by atoms with van der Waals surface area (Å²) in [7, 11) is 0. The molecule has 0 radical (unpaired) electrons. The Bertz CT molecular complexity index is 1830. The highest BCUT2D eigenvalue weighted by Gasteiger charge is 2.58. The number of benzene rings is 2. The van der Waals surface area contributed by atoms with E-state index in [0.29, 0.717) is 66.7 Å². The van der Waals surface area contributed by atoms with E-state index in [-0.39, 0.29) is 40.5 Å². The molecule has 1 aliphatic carbocycles. The third-order valence-electron chi connectivity index (χ3n) is 11.1. The highest BCUT2D eigenvalue weighted by molar-refractivity contribution is 6.00. The number of nitrogens with zero attached hydrogens (tertiary/aromatic N) is 5. The van der Waals surface area contributed by atoms with Gasteiger partial charge in [-0.1, -0.05) is 18.6 Å². The average molecular weight is 617 g/mol. The van der Waals surface area contributed by atoms with Crippen molar-refractivity contribution < 1.29 is 23.0 Å². The van der Waals surface area contributed by atoms with Crippen LogP contribution in [0.5, 0.6) is 11.8 Å². The van der Waals surface area contributed by atoms with E-state index in [1.54, 1.807) is 12.1 Å². The number of piperazine rings is 1. The van der Waals surface area contributed by atoms with Crippen LogP contribution in [0.25, 0.3) is 32.9 Å². The lowest BCUT2D eigenvalue weighted by atomic mass is 9.89. The first-order valence-corrected chi connectivity index (χ1v) is 16.2. The van der Waals surface area contributed by atoms with E-state index in [1.165, 1.54) is 30.8 Å². The molecule has 1 saturated carbocycles.